The predicted molar refractivity (Wildman–Crippen MR) is 441 cm³/mol. The summed E-state index contributed by atoms with van der Waals surface area (Å²) < 4.78 is 71.2. The molecule has 1 saturated heterocycles. The fourth-order valence-corrected chi connectivity index (χ4v) is 18.3. The van der Waals surface area contributed by atoms with Crippen molar-refractivity contribution in [2.24, 2.45) is 0 Å². The standard InChI is InChI=1S/C26H17Cl4FN4O3S.C26H17Cl4FN4OS.C25H23Cl2FN4OS/c27-16-3-7-22(20(29)10-16)32-33-26(36)24-19-13-39(37,38)12-15(9-14-1-5-18(31)6-2-14)25(19)35(34-24)23-8-4-17(28)11-21(23)30;27-16-3-7-22(20(29)10-16)32-33-26(36)24-19-13-37-12-15(9-14-1-5-18(31)6-2-14)25(19)35(34-24)23-8-4-17(28)11-21(23)30;26-18-6-9-22(21(27)13-18)32-24-17(12-16-4-7-19(28)8-5-16)14-34-15-20(24)23(29-32)25(33)30-31-10-2-1-3-11-31/h1-11,32H,12-13H2,(H,33,36);1-11,32H,12-13H2,(H,33,36);4-9,12-13H,1-3,10-11,14-15H2,(H,30,33)/b2*15-9+;17-12+. The molecule has 0 spiro atoms. The molecule has 1 fully saturated rings. The van der Waals surface area contributed by atoms with Crippen LogP contribution in [0.2, 0.25) is 50.2 Å². The second-order valence-electron chi connectivity index (χ2n) is 25.1. The van der Waals surface area contributed by atoms with E-state index >= 15 is 0 Å². The fourth-order valence-electron chi connectivity index (χ4n) is 12.4. The maximum Gasteiger partial charge on any atom is 0.290 e. The number of thioether (sulfide) groups is 2. The third kappa shape index (κ3) is 19.0. The Hall–Kier alpha value is -8.08. The number of hydrogen-bond donors (Lipinski definition) is 5. The lowest BCUT2D eigenvalue weighted by Gasteiger charge is -2.26. The van der Waals surface area contributed by atoms with Gasteiger partial charge < -0.3 is 0 Å². The van der Waals surface area contributed by atoms with E-state index < -0.39 is 33.2 Å². The van der Waals surface area contributed by atoms with Crippen LogP contribution in [0.25, 0.3) is 52.0 Å². The monoisotopic (exact) mass is 1730 g/mol. The van der Waals surface area contributed by atoms with E-state index in [4.69, 9.17) is 121 Å². The lowest BCUT2D eigenvalue weighted by Crippen LogP contribution is -2.45. The Morgan fingerprint density at radius 2 is 0.727 bits per heavy atom. The Morgan fingerprint density at radius 3 is 1.10 bits per heavy atom. The van der Waals surface area contributed by atoms with Gasteiger partial charge in [0.1, 0.15) is 17.5 Å². The predicted octanol–water partition coefficient (Wildman–Crippen LogP) is 21.3. The lowest BCUT2D eigenvalue weighted by molar-refractivity contribution is 0.0743. The van der Waals surface area contributed by atoms with Gasteiger partial charge in [-0.1, -0.05) is 159 Å². The van der Waals surface area contributed by atoms with E-state index in [1.165, 1.54) is 71.8 Å². The Labute approximate surface area is 687 Å². The largest absolute Gasteiger partial charge is 0.297 e. The van der Waals surface area contributed by atoms with Gasteiger partial charge in [-0.2, -0.15) is 38.8 Å². The molecular weight excluding hydrogens is 1680 g/mol. The molecule has 0 saturated carbocycles. The quantitative estimate of drug-likeness (QED) is 0.0644. The summed E-state index contributed by atoms with van der Waals surface area (Å²) in [5.41, 5.74) is 25.0. The summed E-state index contributed by atoms with van der Waals surface area (Å²) in [7, 11) is -3.68. The highest BCUT2D eigenvalue weighted by Gasteiger charge is 2.37. The minimum absolute atomic E-state index is 0.137. The van der Waals surface area contributed by atoms with Crippen LogP contribution in [0, 0.1) is 17.5 Å². The molecule has 0 bridgehead atoms. The van der Waals surface area contributed by atoms with E-state index in [1.807, 2.05) is 23.2 Å². The number of benzene rings is 8. The molecule has 8 aromatic carbocycles. The SMILES string of the molecule is O=C(NN1CCCCC1)c1nn(-c2ccc(Cl)cc2Cl)c2c1CSC/C2=C\c1ccc(F)cc1.O=C(NNc1ccc(Cl)cc1Cl)c1nn(-c2ccc(Cl)cc2Cl)c2c1CS(=O)(=O)C/C2=C\c1ccc(F)cc1.O=C(NNc1ccc(Cl)cc1Cl)c1nn(-c2ccc(Cl)cc2Cl)c2c1CSC/C2=C\c1ccc(F)cc1. The van der Waals surface area contributed by atoms with Crippen molar-refractivity contribution in [1.82, 2.24) is 50.6 Å². The number of fused-ring (bicyclic) bond motifs is 3. The number of sulfone groups is 1. The molecule has 17 nitrogen and oxygen atoms in total. The molecular formula is C77H57Cl10F3N12O5S3. The van der Waals surface area contributed by atoms with Gasteiger partial charge in [0.25, 0.3) is 17.7 Å². The van der Waals surface area contributed by atoms with Gasteiger partial charge in [0.05, 0.1) is 82.1 Å². The molecule has 0 atom stereocenters. The first-order valence-electron chi connectivity index (χ1n) is 33.4. The summed E-state index contributed by atoms with van der Waals surface area (Å²) in [6.45, 7) is 1.67. The molecule has 4 aliphatic heterocycles. The van der Waals surface area contributed by atoms with E-state index in [2.05, 4.69) is 37.3 Å². The number of hydrogen-bond acceptors (Lipinski definition) is 13. The van der Waals surface area contributed by atoms with Crippen molar-refractivity contribution in [3.63, 3.8) is 0 Å². The number of nitrogens with one attached hydrogen (secondary N) is 5. The number of anilines is 2. The summed E-state index contributed by atoms with van der Waals surface area (Å²) in [4.78, 5) is 40.0. The molecule has 3 aromatic heterocycles. The van der Waals surface area contributed by atoms with Crippen LogP contribution >= 0.6 is 140 Å². The van der Waals surface area contributed by atoms with Crippen molar-refractivity contribution >= 4 is 213 Å². The molecule has 564 valence electrons. The summed E-state index contributed by atoms with van der Waals surface area (Å²) in [6, 6.07) is 42.7. The zero-order valence-corrected chi connectivity index (χ0v) is 66.9. The number of carbonyl (C=O) groups is 3. The molecule has 4 aliphatic rings. The number of carbonyl (C=O) groups excluding carboxylic acids is 3. The Kier molecular flexibility index (Phi) is 25.7. The minimum Gasteiger partial charge on any atom is -0.297 e. The van der Waals surface area contributed by atoms with Crippen molar-refractivity contribution in [2.45, 2.75) is 36.5 Å². The van der Waals surface area contributed by atoms with Crippen LogP contribution in [0.3, 0.4) is 0 Å². The fraction of sp³-hybridized carbons (Fsp3) is 0.143. The Balaban J connectivity index is 0.000000145. The molecule has 15 rings (SSSR count). The van der Waals surface area contributed by atoms with Gasteiger partial charge in [0.2, 0.25) is 0 Å². The third-order valence-electron chi connectivity index (χ3n) is 17.4. The Bertz CT molecular complexity index is 5630. The minimum atomic E-state index is -3.68. The van der Waals surface area contributed by atoms with Gasteiger partial charge in [-0.3, -0.25) is 41.5 Å². The second-order valence-corrected chi connectivity index (χ2v) is 33.4. The molecule has 0 aliphatic carbocycles. The molecule has 0 radical (unpaired) electrons. The van der Waals surface area contributed by atoms with Crippen LogP contribution < -0.4 is 27.1 Å². The van der Waals surface area contributed by atoms with Crippen LogP contribution in [0.1, 0.15) is 101 Å². The molecule has 0 unspecified atom stereocenters. The van der Waals surface area contributed by atoms with Gasteiger partial charge in [-0.05, 0) is 192 Å². The van der Waals surface area contributed by atoms with E-state index in [9.17, 15) is 36.0 Å². The van der Waals surface area contributed by atoms with Crippen LogP contribution in [-0.2, 0) is 27.1 Å². The number of halogens is 13. The topological polar surface area (TPSA) is 202 Å². The van der Waals surface area contributed by atoms with Crippen molar-refractivity contribution < 1.29 is 36.0 Å². The average molecular weight is 1740 g/mol. The summed E-state index contributed by atoms with van der Waals surface area (Å²) in [5, 5.41) is 19.9. The van der Waals surface area contributed by atoms with E-state index in [0.717, 1.165) is 76.5 Å². The van der Waals surface area contributed by atoms with Crippen LogP contribution in [0.15, 0.2) is 164 Å². The number of nitrogens with zero attached hydrogens (tertiary/aromatic N) is 7. The first-order chi connectivity index (χ1) is 52.8. The van der Waals surface area contributed by atoms with Gasteiger partial charge in [-0.15, -0.1) is 0 Å². The highest BCUT2D eigenvalue weighted by Crippen LogP contribution is 2.43. The third-order valence-corrected chi connectivity index (χ3v) is 23.6. The number of piperidine rings is 1. The molecule has 33 heteroatoms. The average Bonchev–Trinajstić information content (AvgIpc) is 1.63. The van der Waals surface area contributed by atoms with Gasteiger partial charge in [0.15, 0.2) is 26.9 Å². The number of amides is 3. The molecule has 5 N–H and O–H groups in total. The second kappa shape index (κ2) is 35.3. The van der Waals surface area contributed by atoms with E-state index in [0.29, 0.717) is 108 Å². The van der Waals surface area contributed by atoms with Crippen molar-refractivity contribution in [1.29, 1.82) is 0 Å². The van der Waals surface area contributed by atoms with Crippen LogP contribution in [-0.4, -0.2) is 90.8 Å². The van der Waals surface area contributed by atoms with Crippen molar-refractivity contribution in [2.75, 3.05) is 41.2 Å². The normalized spacial score (nSPS) is 15.5. The summed E-state index contributed by atoms with van der Waals surface area (Å²) in [5.74, 6) is -0.543. The lowest BCUT2D eigenvalue weighted by atomic mass is 10.0. The highest BCUT2D eigenvalue weighted by atomic mass is 35.5. The molecule has 110 heavy (non-hydrogen) atoms. The zero-order chi connectivity index (χ0) is 77.7. The van der Waals surface area contributed by atoms with E-state index in [-0.39, 0.29) is 50.3 Å². The first kappa shape index (κ1) is 80.0. The highest BCUT2D eigenvalue weighted by molar-refractivity contribution is 7.99. The van der Waals surface area contributed by atoms with Gasteiger partial charge in [0, 0.05) is 77.9 Å². The number of hydrazine groups is 3. The first-order valence-corrected chi connectivity index (χ1v) is 41.3. The van der Waals surface area contributed by atoms with Crippen molar-refractivity contribution in [3.8, 4) is 17.1 Å². The summed E-state index contributed by atoms with van der Waals surface area (Å²) >= 11 is 65.6. The van der Waals surface area contributed by atoms with E-state index in [1.54, 1.807) is 136 Å². The van der Waals surface area contributed by atoms with Crippen LogP contribution in [0.5, 0.6) is 0 Å². The molecule has 7 heterocycles. The van der Waals surface area contributed by atoms with Gasteiger partial charge >= 0.3 is 0 Å². The Morgan fingerprint density at radius 1 is 0.391 bits per heavy atom. The van der Waals surface area contributed by atoms with Gasteiger partial charge in [-0.25, -0.2) is 40.6 Å². The molecule has 11 aromatic rings. The van der Waals surface area contributed by atoms with Crippen LogP contribution in [0.4, 0.5) is 24.5 Å². The maximum atomic E-state index is 13.5. The smallest absolute Gasteiger partial charge is 0.290 e. The van der Waals surface area contributed by atoms with Crippen molar-refractivity contribution in [3.05, 3.63) is 299 Å². The zero-order valence-electron chi connectivity index (χ0n) is 56.9. The maximum absolute atomic E-state index is 13.5. The molecule has 3 amide bonds. The number of rotatable bonds is 14. The number of aromatic nitrogens is 6. The summed E-state index contributed by atoms with van der Waals surface area (Å²) in [6.07, 6.45) is 8.89.